The summed E-state index contributed by atoms with van der Waals surface area (Å²) in [5.41, 5.74) is 1.43. The molecule has 100 valence electrons. The minimum atomic E-state index is -0.429. The molecule has 0 aliphatic rings. The Morgan fingerprint density at radius 1 is 1.20 bits per heavy atom. The summed E-state index contributed by atoms with van der Waals surface area (Å²) in [6.07, 6.45) is 1.62. The van der Waals surface area contributed by atoms with Gasteiger partial charge in [-0.05, 0) is 23.1 Å². The number of aromatic nitrogens is 2. The van der Waals surface area contributed by atoms with Crippen molar-refractivity contribution in [2.45, 2.75) is 0 Å². The molecule has 3 aromatic rings. The van der Waals surface area contributed by atoms with Crippen LogP contribution >= 0.6 is 0 Å². The van der Waals surface area contributed by atoms with Gasteiger partial charge in [0.05, 0.1) is 18.9 Å². The van der Waals surface area contributed by atoms with Crippen LogP contribution in [-0.4, -0.2) is 21.4 Å². The quantitative estimate of drug-likeness (QED) is 0.541. The van der Waals surface area contributed by atoms with E-state index in [2.05, 4.69) is 4.98 Å². The van der Waals surface area contributed by atoms with Crippen molar-refractivity contribution in [2.24, 2.45) is 0 Å². The van der Waals surface area contributed by atoms with Gasteiger partial charge in [0, 0.05) is 6.07 Å². The largest absolute Gasteiger partial charge is 0.496 e. The van der Waals surface area contributed by atoms with Crippen LogP contribution in [0.25, 0.3) is 16.9 Å². The van der Waals surface area contributed by atoms with Crippen molar-refractivity contribution in [2.75, 3.05) is 7.11 Å². The second kappa shape index (κ2) is 4.65. The Bertz CT molecular complexity index is 795. The average molecular weight is 269 g/mol. The molecule has 0 aliphatic heterocycles. The number of methoxy groups -OCH3 is 1. The summed E-state index contributed by atoms with van der Waals surface area (Å²) in [6.45, 7) is 0. The van der Waals surface area contributed by atoms with Crippen molar-refractivity contribution in [3.63, 3.8) is 0 Å². The first kappa shape index (κ1) is 12.2. The van der Waals surface area contributed by atoms with Crippen molar-refractivity contribution in [3.8, 4) is 17.0 Å². The molecule has 6 heteroatoms. The van der Waals surface area contributed by atoms with E-state index in [-0.39, 0.29) is 5.82 Å². The molecular formula is C14H11N3O3. The number of pyridine rings is 1. The van der Waals surface area contributed by atoms with Gasteiger partial charge in [-0.3, -0.25) is 0 Å². The molecule has 6 nitrogen and oxygen atoms in total. The lowest BCUT2D eigenvalue weighted by Crippen LogP contribution is -1.96. The van der Waals surface area contributed by atoms with Gasteiger partial charge in [-0.1, -0.05) is 18.2 Å². The van der Waals surface area contributed by atoms with Gasteiger partial charge in [-0.15, -0.1) is 0 Å². The Balaban J connectivity index is 2.36. The standard InChI is InChI=1S/C14H11N3O3/c1-20-11-7-3-2-6-10(11)13-14(17(18)19)16-9-5-4-8-12(16)15-13/h2-9H,1H3. The molecule has 0 radical (unpaired) electrons. The van der Waals surface area contributed by atoms with E-state index in [1.807, 2.05) is 6.07 Å². The van der Waals surface area contributed by atoms with E-state index in [1.165, 1.54) is 11.5 Å². The SMILES string of the molecule is COc1ccccc1-c1nc2ccccn2c1[N+](=O)[O-]. The van der Waals surface area contributed by atoms with Crippen LogP contribution in [0.5, 0.6) is 5.75 Å². The van der Waals surface area contributed by atoms with Gasteiger partial charge in [-0.2, -0.15) is 9.38 Å². The second-order valence-electron chi connectivity index (χ2n) is 4.17. The highest BCUT2D eigenvalue weighted by molar-refractivity contribution is 5.76. The molecule has 0 saturated carbocycles. The van der Waals surface area contributed by atoms with E-state index < -0.39 is 4.92 Å². The molecule has 1 aromatic carbocycles. The number of hydrogen-bond donors (Lipinski definition) is 0. The minimum Gasteiger partial charge on any atom is -0.496 e. The number of nitrogens with zero attached hydrogens (tertiary/aromatic N) is 3. The van der Waals surface area contributed by atoms with Gasteiger partial charge in [0.25, 0.3) is 0 Å². The minimum absolute atomic E-state index is 0.0647. The zero-order valence-corrected chi connectivity index (χ0v) is 10.7. The van der Waals surface area contributed by atoms with Gasteiger partial charge in [0.15, 0.2) is 5.69 Å². The first-order chi connectivity index (χ1) is 9.72. The zero-order chi connectivity index (χ0) is 14.1. The summed E-state index contributed by atoms with van der Waals surface area (Å²) in [4.78, 5) is 15.3. The Morgan fingerprint density at radius 2 is 1.95 bits per heavy atom. The van der Waals surface area contributed by atoms with Gasteiger partial charge < -0.3 is 14.9 Å². The molecule has 0 spiro atoms. The molecule has 0 saturated heterocycles. The number of imidazole rings is 1. The number of para-hydroxylation sites is 1. The lowest BCUT2D eigenvalue weighted by Gasteiger charge is -2.05. The monoisotopic (exact) mass is 269 g/mol. The number of hydrogen-bond acceptors (Lipinski definition) is 4. The van der Waals surface area contributed by atoms with E-state index >= 15 is 0 Å². The number of nitro groups is 1. The lowest BCUT2D eigenvalue weighted by atomic mass is 10.1. The van der Waals surface area contributed by atoms with Crippen molar-refractivity contribution in [1.29, 1.82) is 0 Å². The number of ether oxygens (including phenoxy) is 1. The molecule has 2 heterocycles. The lowest BCUT2D eigenvalue weighted by molar-refractivity contribution is -0.389. The topological polar surface area (TPSA) is 69.7 Å². The predicted octanol–water partition coefficient (Wildman–Crippen LogP) is 2.92. The second-order valence-corrected chi connectivity index (χ2v) is 4.17. The summed E-state index contributed by atoms with van der Waals surface area (Å²) in [5, 5.41) is 11.4. The fourth-order valence-corrected chi connectivity index (χ4v) is 2.18. The summed E-state index contributed by atoms with van der Waals surface area (Å²) in [5.74, 6) is 0.490. The molecule has 0 aliphatic carbocycles. The molecule has 0 bridgehead atoms. The Hall–Kier alpha value is -2.89. The predicted molar refractivity (Wildman–Crippen MR) is 73.8 cm³/mol. The fourth-order valence-electron chi connectivity index (χ4n) is 2.18. The molecule has 3 rings (SSSR count). The molecule has 0 amide bonds. The summed E-state index contributed by atoms with van der Waals surface area (Å²) in [7, 11) is 1.53. The van der Waals surface area contributed by atoms with E-state index in [0.717, 1.165) is 0 Å². The first-order valence-electron chi connectivity index (χ1n) is 5.97. The highest BCUT2D eigenvalue weighted by Crippen LogP contribution is 2.35. The van der Waals surface area contributed by atoms with Crippen LogP contribution in [0.15, 0.2) is 48.7 Å². The van der Waals surface area contributed by atoms with Crippen LogP contribution in [-0.2, 0) is 0 Å². The van der Waals surface area contributed by atoms with Crippen molar-refractivity contribution in [3.05, 3.63) is 58.8 Å². The maximum Gasteiger partial charge on any atom is 0.356 e. The van der Waals surface area contributed by atoms with Crippen molar-refractivity contribution in [1.82, 2.24) is 9.38 Å². The van der Waals surface area contributed by atoms with Crippen LogP contribution in [0.3, 0.4) is 0 Å². The molecule has 0 fully saturated rings. The highest BCUT2D eigenvalue weighted by Gasteiger charge is 2.25. The Kier molecular flexibility index (Phi) is 2.83. The summed E-state index contributed by atoms with van der Waals surface area (Å²) >= 11 is 0. The number of rotatable bonds is 3. The maximum atomic E-state index is 11.4. The van der Waals surface area contributed by atoms with Gasteiger partial charge in [0.2, 0.25) is 5.65 Å². The third-order valence-electron chi connectivity index (χ3n) is 3.04. The van der Waals surface area contributed by atoms with E-state index in [0.29, 0.717) is 22.7 Å². The summed E-state index contributed by atoms with van der Waals surface area (Å²) in [6, 6.07) is 12.4. The van der Waals surface area contributed by atoms with Crippen molar-refractivity contribution >= 4 is 11.5 Å². The molecule has 0 atom stereocenters. The van der Waals surface area contributed by atoms with Crippen LogP contribution < -0.4 is 4.74 Å². The number of benzene rings is 1. The third-order valence-corrected chi connectivity index (χ3v) is 3.04. The van der Waals surface area contributed by atoms with E-state index in [9.17, 15) is 10.1 Å². The molecular weight excluding hydrogens is 258 g/mol. The van der Waals surface area contributed by atoms with Crippen LogP contribution in [0.1, 0.15) is 0 Å². The van der Waals surface area contributed by atoms with Gasteiger partial charge in [-0.25, -0.2) is 0 Å². The van der Waals surface area contributed by atoms with E-state index in [4.69, 9.17) is 4.74 Å². The van der Waals surface area contributed by atoms with E-state index in [1.54, 1.807) is 42.6 Å². The maximum absolute atomic E-state index is 11.4. The van der Waals surface area contributed by atoms with Crippen LogP contribution in [0, 0.1) is 10.1 Å². The van der Waals surface area contributed by atoms with Crippen molar-refractivity contribution < 1.29 is 9.66 Å². The average Bonchev–Trinajstić information content (AvgIpc) is 2.86. The number of fused-ring (bicyclic) bond motifs is 1. The molecule has 20 heavy (non-hydrogen) atoms. The normalized spacial score (nSPS) is 10.7. The first-order valence-corrected chi connectivity index (χ1v) is 5.97. The van der Waals surface area contributed by atoms with Gasteiger partial charge >= 0.3 is 5.82 Å². The molecule has 0 unspecified atom stereocenters. The smallest absolute Gasteiger partial charge is 0.356 e. The molecule has 0 N–H and O–H groups in total. The molecule has 2 aromatic heterocycles. The Morgan fingerprint density at radius 3 is 2.70 bits per heavy atom. The van der Waals surface area contributed by atoms with Gasteiger partial charge in [0.1, 0.15) is 5.75 Å². The highest BCUT2D eigenvalue weighted by atomic mass is 16.6. The zero-order valence-electron chi connectivity index (χ0n) is 10.7. The third kappa shape index (κ3) is 1.78. The van der Waals surface area contributed by atoms with Crippen LogP contribution in [0.4, 0.5) is 5.82 Å². The fraction of sp³-hybridized carbons (Fsp3) is 0.0714. The summed E-state index contributed by atoms with van der Waals surface area (Å²) < 4.78 is 6.72. The van der Waals surface area contributed by atoms with Crippen LogP contribution in [0.2, 0.25) is 0 Å². The Labute approximate surface area is 114 Å².